The number of fused-ring (bicyclic) bond motifs is 1. The van der Waals surface area contributed by atoms with Crippen molar-refractivity contribution in [2.24, 2.45) is 0 Å². The number of nitrogens with zero attached hydrogens (tertiary/aromatic N) is 2. The summed E-state index contributed by atoms with van der Waals surface area (Å²) in [5, 5.41) is 4.25. The summed E-state index contributed by atoms with van der Waals surface area (Å²) in [6, 6.07) is 8.27. The number of ketones is 1. The van der Waals surface area contributed by atoms with Crippen molar-refractivity contribution in [3.63, 3.8) is 0 Å². The number of hydrogen-bond acceptors (Lipinski definition) is 6. The molecule has 2 aliphatic rings. The van der Waals surface area contributed by atoms with Gasteiger partial charge >= 0.3 is 0 Å². The Hall–Kier alpha value is -2.54. The van der Waals surface area contributed by atoms with Crippen molar-refractivity contribution in [1.29, 1.82) is 0 Å². The van der Waals surface area contributed by atoms with E-state index in [1.165, 1.54) is 11.8 Å². The van der Waals surface area contributed by atoms with Crippen molar-refractivity contribution in [1.82, 2.24) is 9.97 Å². The molecule has 7 heteroatoms. The number of rotatable bonds is 6. The molecule has 164 valence electrons. The van der Waals surface area contributed by atoms with Crippen molar-refractivity contribution >= 4 is 29.1 Å². The average molecular weight is 439 g/mol. The minimum Gasteiger partial charge on any atom is -0.372 e. The van der Waals surface area contributed by atoms with Crippen molar-refractivity contribution in [3.8, 4) is 0 Å². The van der Waals surface area contributed by atoms with Gasteiger partial charge in [0, 0.05) is 47.6 Å². The number of benzene rings is 1. The Bertz CT molecular complexity index is 1070. The first kappa shape index (κ1) is 21.7. The van der Waals surface area contributed by atoms with Gasteiger partial charge < -0.3 is 15.2 Å². The number of nitrogens with one attached hydrogen (secondary N) is 2. The standard InChI is InChI=1S/C24H30N4O2S/c1-5-28(6-2)16-12-10-15(11-13-16)19-20-17(8-7-9-18(20)29)25-22-21(19)23(30)27-24(26-22)31-14(3)4/h10-14,19H,5-9H2,1-4H3,(H2,25,26,27,30). The number of anilines is 2. The minimum absolute atomic E-state index is 0.122. The van der Waals surface area contributed by atoms with Gasteiger partial charge in [-0.25, -0.2) is 4.98 Å². The van der Waals surface area contributed by atoms with Crippen LogP contribution >= 0.6 is 11.8 Å². The largest absolute Gasteiger partial charge is 0.372 e. The minimum atomic E-state index is -0.390. The van der Waals surface area contributed by atoms with Gasteiger partial charge in [-0.2, -0.15) is 0 Å². The molecule has 1 aliphatic heterocycles. The molecule has 0 fully saturated rings. The summed E-state index contributed by atoms with van der Waals surface area (Å²) in [7, 11) is 0. The van der Waals surface area contributed by atoms with Gasteiger partial charge in [-0.05, 0) is 44.4 Å². The molecule has 0 saturated heterocycles. The molecule has 31 heavy (non-hydrogen) atoms. The van der Waals surface area contributed by atoms with E-state index in [1.807, 2.05) is 0 Å². The predicted octanol–water partition coefficient (Wildman–Crippen LogP) is 4.68. The molecule has 1 aliphatic carbocycles. The molecule has 0 amide bonds. The van der Waals surface area contributed by atoms with Crippen LogP contribution in [-0.2, 0) is 4.79 Å². The topological polar surface area (TPSA) is 78.1 Å². The van der Waals surface area contributed by atoms with Gasteiger partial charge in [-0.15, -0.1) is 0 Å². The van der Waals surface area contributed by atoms with Crippen molar-refractivity contribution in [2.45, 2.75) is 63.3 Å². The zero-order chi connectivity index (χ0) is 22.1. The van der Waals surface area contributed by atoms with Crippen LogP contribution in [0.4, 0.5) is 11.5 Å². The van der Waals surface area contributed by atoms with Gasteiger partial charge in [-0.3, -0.25) is 9.59 Å². The maximum atomic E-state index is 13.2. The van der Waals surface area contributed by atoms with E-state index in [1.54, 1.807) is 0 Å². The van der Waals surface area contributed by atoms with Crippen LogP contribution in [0.3, 0.4) is 0 Å². The number of carbonyl (C=O) groups excluding carboxylic acids is 1. The maximum absolute atomic E-state index is 13.2. The Morgan fingerprint density at radius 2 is 1.84 bits per heavy atom. The number of aromatic nitrogens is 2. The van der Waals surface area contributed by atoms with E-state index >= 15 is 0 Å². The number of allylic oxidation sites excluding steroid dienone is 2. The third-order valence-electron chi connectivity index (χ3n) is 5.94. The van der Waals surface area contributed by atoms with E-state index in [9.17, 15) is 9.59 Å². The number of H-pyrrole nitrogens is 1. The molecule has 6 nitrogen and oxygen atoms in total. The zero-order valence-corrected chi connectivity index (χ0v) is 19.4. The number of aromatic amines is 1. The van der Waals surface area contributed by atoms with E-state index in [0.29, 0.717) is 28.2 Å². The van der Waals surface area contributed by atoms with Crippen LogP contribution < -0.4 is 15.8 Å². The Kier molecular flexibility index (Phi) is 6.23. The molecule has 0 radical (unpaired) electrons. The first-order valence-electron chi connectivity index (χ1n) is 11.1. The van der Waals surface area contributed by atoms with Crippen LogP contribution in [0.5, 0.6) is 0 Å². The number of thioether (sulfide) groups is 1. The summed E-state index contributed by atoms with van der Waals surface area (Å²) in [5.74, 6) is 0.314. The SMILES string of the molecule is CCN(CC)c1ccc(C2C3=C(CCCC3=O)Nc3nc(SC(C)C)[nH]c(=O)c32)cc1. The third-order valence-corrected chi connectivity index (χ3v) is 6.83. The second-order valence-electron chi connectivity index (χ2n) is 8.29. The molecule has 2 aromatic rings. The van der Waals surface area contributed by atoms with Crippen LogP contribution in [0.15, 0.2) is 45.5 Å². The second kappa shape index (κ2) is 8.91. The van der Waals surface area contributed by atoms with Gasteiger partial charge in [-0.1, -0.05) is 37.7 Å². The van der Waals surface area contributed by atoms with E-state index in [4.69, 9.17) is 4.98 Å². The smallest absolute Gasteiger partial charge is 0.257 e. The molecule has 1 aromatic carbocycles. The highest BCUT2D eigenvalue weighted by atomic mass is 32.2. The predicted molar refractivity (Wildman–Crippen MR) is 127 cm³/mol. The lowest BCUT2D eigenvalue weighted by molar-refractivity contribution is -0.116. The fourth-order valence-electron chi connectivity index (χ4n) is 4.52. The third kappa shape index (κ3) is 4.15. The molecular formula is C24H30N4O2S. The second-order valence-corrected chi connectivity index (χ2v) is 9.86. The summed E-state index contributed by atoms with van der Waals surface area (Å²) in [5.41, 5.74) is 4.10. The Morgan fingerprint density at radius 1 is 1.13 bits per heavy atom. The van der Waals surface area contributed by atoms with Gasteiger partial charge in [0.1, 0.15) is 5.82 Å². The van der Waals surface area contributed by atoms with Crippen molar-refractivity contribution in [2.75, 3.05) is 23.3 Å². The fourth-order valence-corrected chi connectivity index (χ4v) is 5.26. The monoisotopic (exact) mass is 438 g/mol. The number of carbonyl (C=O) groups is 1. The van der Waals surface area contributed by atoms with Crippen LogP contribution in [0.25, 0.3) is 0 Å². The van der Waals surface area contributed by atoms with Crippen LogP contribution in [0, 0.1) is 0 Å². The van der Waals surface area contributed by atoms with Crippen LogP contribution in [0.1, 0.15) is 64.0 Å². The molecule has 2 N–H and O–H groups in total. The highest BCUT2D eigenvalue weighted by molar-refractivity contribution is 7.99. The van der Waals surface area contributed by atoms with Crippen LogP contribution in [-0.4, -0.2) is 34.1 Å². The first-order valence-corrected chi connectivity index (χ1v) is 12.0. The van der Waals surface area contributed by atoms with Crippen molar-refractivity contribution < 1.29 is 4.79 Å². The van der Waals surface area contributed by atoms with E-state index in [2.05, 4.69) is 67.2 Å². The molecule has 1 atom stereocenters. The van der Waals surface area contributed by atoms with Crippen LogP contribution in [0.2, 0.25) is 0 Å². The molecule has 2 heterocycles. The van der Waals surface area contributed by atoms with E-state index in [0.717, 1.165) is 48.5 Å². The maximum Gasteiger partial charge on any atom is 0.257 e. The summed E-state index contributed by atoms with van der Waals surface area (Å²) >= 11 is 1.53. The quantitative estimate of drug-likeness (QED) is 0.504. The van der Waals surface area contributed by atoms with Gasteiger partial charge in [0.15, 0.2) is 10.9 Å². The zero-order valence-electron chi connectivity index (χ0n) is 18.6. The Morgan fingerprint density at radius 3 is 2.48 bits per heavy atom. The van der Waals surface area contributed by atoms with Gasteiger partial charge in [0.05, 0.1) is 5.56 Å². The fraction of sp³-hybridized carbons (Fsp3) is 0.458. The summed E-state index contributed by atoms with van der Waals surface area (Å²) in [6.45, 7) is 10.3. The van der Waals surface area contributed by atoms with Crippen molar-refractivity contribution in [3.05, 3.63) is 57.0 Å². The lowest BCUT2D eigenvalue weighted by atomic mass is 9.76. The number of Topliss-reactive ketones (excluding diaryl/α,β-unsaturated/α-hetero) is 1. The molecule has 0 saturated carbocycles. The highest BCUT2D eigenvalue weighted by Crippen LogP contribution is 2.43. The first-order chi connectivity index (χ1) is 14.9. The molecule has 0 bridgehead atoms. The lowest BCUT2D eigenvalue weighted by Crippen LogP contribution is -2.32. The Labute approximate surface area is 187 Å². The molecule has 1 aromatic heterocycles. The normalized spacial score (nSPS) is 18.0. The summed E-state index contributed by atoms with van der Waals surface area (Å²) in [4.78, 5) is 36.1. The number of hydrogen-bond donors (Lipinski definition) is 2. The Balaban J connectivity index is 1.84. The van der Waals surface area contributed by atoms with E-state index in [-0.39, 0.29) is 17.3 Å². The summed E-state index contributed by atoms with van der Waals surface area (Å²) < 4.78 is 0. The molecule has 1 unspecified atom stereocenters. The average Bonchev–Trinajstić information content (AvgIpc) is 2.73. The van der Waals surface area contributed by atoms with E-state index < -0.39 is 0 Å². The van der Waals surface area contributed by atoms with Gasteiger partial charge in [0.2, 0.25) is 0 Å². The van der Waals surface area contributed by atoms with Gasteiger partial charge in [0.25, 0.3) is 5.56 Å². The summed E-state index contributed by atoms with van der Waals surface area (Å²) in [6.07, 6.45) is 2.15. The highest BCUT2D eigenvalue weighted by Gasteiger charge is 2.37. The molecular weight excluding hydrogens is 408 g/mol. The lowest BCUT2D eigenvalue weighted by Gasteiger charge is -2.33. The molecule has 0 spiro atoms. The molecule has 4 rings (SSSR count).